The molecule has 2 rings (SSSR count). The molecule has 4 nitrogen and oxygen atoms in total. The van der Waals surface area contributed by atoms with E-state index in [0.29, 0.717) is 12.2 Å². The molecule has 1 unspecified atom stereocenters. The highest BCUT2D eigenvalue weighted by Gasteiger charge is 2.11. The third kappa shape index (κ3) is 3.36. The first-order chi connectivity index (χ1) is 8.66. The number of amides is 1. The first kappa shape index (κ1) is 13.2. The summed E-state index contributed by atoms with van der Waals surface area (Å²) in [7, 11) is 0. The number of carbonyl (C=O) groups is 1. The van der Waals surface area contributed by atoms with Crippen molar-refractivity contribution >= 4 is 33.2 Å². The number of nitrogens with one attached hydrogen (secondary N) is 1. The Hall–Kier alpha value is -1.27. The molecule has 2 aromatic heterocycles. The van der Waals surface area contributed by atoms with Gasteiger partial charge in [-0.05, 0) is 28.1 Å². The molecule has 0 saturated heterocycles. The lowest BCUT2D eigenvalue weighted by atomic mass is 10.2. The number of aromatic nitrogens is 2. The van der Waals surface area contributed by atoms with Gasteiger partial charge in [0.25, 0.3) is 5.91 Å². The molecule has 6 heteroatoms. The molecule has 1 atom stereocenters. The minimum atomic E-state index is -0.161. The molecule has 0 radical (unpaired) electrons. The predicted molar refractivity (Wildman–Crippen MR) is 74.8 cm³/mol. The maximum absolute atomic E-state index is 11.8. The largest absolute Gasteiger partial charge is 0.350 e. The van der Waals surface area contributed by atoms with Gasteiger partial charge in [0.1, 0.15) is 5.69 Å². The van der Waals surface area contributed by atoms with E-state index in [1.54, 1.807) is 35.9 Å². The van der Waals surface area contributed by atoms with Crippen LogP contribution >= 0.6 is 27.3 Å². The van der Waals surface area contributed by atoms with E-state index in [4.69, 9.17) is 0 Å². The van der Waals surface area contributed by atoms with Gasteiger partial charge in [0.15, 0.2) is 0 Å². The van der Waals surface area contributed by atoms with Gasteiger partial charge in [-0.3, -0.25) is 4.79 Å². The molecule has 0 aromatic carbocycles. The summed E-state index contributed by atoms with van der Waals surface area (Å²) in [6.07, 6.45) is 3.38. The molecule has 1 N–H and O–H groups in total. The summed E-state index contributed by atoms with van der Waals surface area (Å²) in [6.45, 7) is 2.60. The lowest BCUT2D eigenvalue weighted by Gasteiger charge is -2.09. The number of hydrogen-bond acceptors (Lipinski definition) is 4. The smallest absolute Gasteiger partial charge is 0.269 e. The maximum atomic E-state index is 11.8. The van der Waals surface area contributed by atoms with Crippen molar-refractivity contribution in [1.82, 2.24) is 15.3 Å². The van der Waals surface area contributed by atoms with Crippen LogP contribution < -0.4 is 5.32 Å². The van der Waals surface area contributed by atoms with Crippen LogP contribution in [0.15, 0.2) is 34.4 Å². The van der Waals surface area contributed by atoms with Crippen LogP contribution in [0.4, 0.5) is 0 Å². The first-order valence-corrected chi connectivity index (χ1v) is 7.13. The van der Waals surface area contributed by atoms with E-state index in [0.717, 1.165) is 9.48 Å². The van der Waals surface area contributed by atoms with Crippen LogP contribution in [0.5, 0.6) is 0 Å². The van der Waals surface area contributed by atoms with Gasteiger partial charge < -0.3 is 5.32 Å². The Bertz CT molecular complexity index is 513. The van der Waals surface area contributed by atoms with Crippen LogP contribution in [-0.4, -0.2) is 22.4 Å². The van der Waals surface area contributed by atoms with Crippen LogP contribution in [0, 0.1) is 0 Å². The van der Waals surface area contributed by atoms with Crippen molar-refractivity contribution in [2.75, 3.05) is 6.54 Å². The number of hydrogen-bond donors (Lipinski definition) is 1. The zero-order valence-electron chi connectivity index (χ0n) is 9.76. The Balaban J connectivity index is 1.90. The summed E-state index contributed by atoms with van der Waals surface area (Å²) in [6, 6.07) is 3.49. The van der Waals surface area contributed by atoms with Gasteiger partial charge in [-0.1, -0.05) is 6.92 Å². The highest BCUT2D eigenvalue weighted by atomic mass is 79.9. The molecule has 94 valence electrons. The average molecular weight is 326 g/mol. The van der Waals surface area contributed by atoms with Crippen molar-refractivity contribution in [3.8, 4) is 0 Å². The van der Waals surface area contributed by atoms with Crippen LogP contribution in [0.2, 0.25) is 0 Å². The van der Waals surface area contributed by atoms with Gasteiger partial charge in [-0.15, -0.1) is 11.3 Å². The number of thiazole rings is 1. The normalized spacial score (nSPS) is 12.1. The van der Waals surface area contributed by atoms with Crippen LogP contribution in [0.3, 0.4) is 0 Å². The third-order valence-corrected chi connectivity index (χ3v) is 3.88. The summed E-state index contributed by atoms with van der Waals surface area (Å²) in [4.78, 5) is 20.1. The lowest BCUT2D eigenvalue weighted by molar-refractivity contribution is 0.0946. The Kier molecular flexibility index (Phi) is 4.43. The molecule has 2 aromatic rings. The Morgan fingerprint density at radius 1 is 1.50 bits per heavy atom. The molecule has 0 aliphatic heterocycles. The quantitative estimate of drug-likeness (QED) is 0.940. The second-order valence-electron chi connectivity index (χ2n) is 3.84. The van der Waals surface area contributed by atoms with Gasteiger partial charge >= 0.3 is 0 Å². The van der Waals surface area contributed by atoms with Crippen LogP contribution in [-0.2, 0) is 0 Å². The van der Waals surface area contributed by atoms with Crippen LogP contribution in [0.25, 0.3) is 0 Å². The Morgan fingerprint density at radius 2 is 2.33 bits per heavy atom. The molecule has 18 heavy (non-hydrogen) atoms. The highest BCUT2D eigenvalue weighted by Crippen LogP contribution is 2.16. The summed E-state index contributed by atoms with van der Waals surface area (Å²) >= 11 is 4.88. The van der Waals surface area contributed by atoms with E-state index in [2.05, 4.69) is 31.2 Å². The van der Waals surface area contributed by atoms with Crippen molar-refractivity contribution in [2.45, 2.75) is 12.8 Å². The first-order valence-electron chi connectivity index (χ1n) is 5.46. The van der Waals surface area contributed by atoms with E-state index in [9.17, 15) is 4.79 Å². The van der Waals surface area contributed by atoms with Gasteiger partial charge in [0.05, 0.1) is 5.01 Å². The number of rotatable bonds is 4. The number of carbonyl (C=O) groups excluding carboxylic acids is 1. The van der Waals surface area contributed by atoms with Crippen molar-refractivity contribution in [1.29, 1.82) is 0 Å². The summed E-state index contributed by atoms with van der Waals surface area (Å²) in [5, 5.41) is 5.82. The summed E-state index contributed by atoms with van der Waals surface area (Å²) in [5.74, 6) is 0.0512. The summed E-state index contributed by atoms with van der Waals surface area (Å²) < 4.78 is 0.857. The molecule has 0 spiro atoms. The fourth-order valence-electron chi connectivity index (χ4n) is 1.41. The van der Waals surface area contributed by atoms with Gasteiger partial charge in [-0.25, -0.2) is 9.97 Å². The molecule has 0 saturated carbocycles. The molecule has 2 heterocycles. The highest BCUT2D eigenvalue weighted by molar-refractivity contribution is 9.10. The molecule has 0 aliphatic rings. The van der Waals surface area contributed by atoms with E-state index < -0.39 is 0 Å². The van der Waals surface area contributed by atoms with E-state index in [1.165, 1.54) is 0 Å². The maximum Gasteiger partial charge on any atom is 0.269 e. The van der Waals surface area contributed by atoms with Crippen molar-refractivity contribution in [3.05, 3.63) is 45.1 Å². The standard InChI is InChI=1S/C12H12BrN3OS/c1-8(12-14-4-5-18-12)6-16-11(17)10-3-2-9(13)7-15-10/h2-5,7-8H,6H2,1H3,(H,16,17). The van der Waals surface area contributed by atoms with Gasteiger partial charge in [0, 0.05) is 34.7 Å². The number of halogens is 1. The molecular weight excluding hydrogens is 314 g/mol. The fourth-order valence-corrected chi connectivity index (χ4v) is 2.34. The van der Waals surface area contributed by atoms with Crippen molar-refractivity contribution in [2.24, 2.45) is 0 Å². The number of pyridine rings is 1. The Labute approximate surface area is 118 Å². The lowest BCUT2D eigenvalue weighted by Crippen LogP contribution is -2.28. The van der Waals surface area contributed by atoms with Crippen LogP contribution in [0.1, 0.15) is 28.3 Å². The van der Waals surface area contributed by atoms with Crippen molar-refractivity contribution in [3.63, 3.8) is 0 Å². The number of nitrogens with zero attached hydrogens (tertiary/aromatic N) is 2. The minimum absolute atomic E-state index is 0.161. The molecule has 0 aliphatic carbocycles. The second kappa shape index (κ2) is 6.06. The zero-order chi connectivity index (χ0) is 13.0. The van der Waals surface area contributed by atoms with Gasteiger partial charge in [-0.2, -0.15) is 0 Å². The second-order valence-corrected chi connectivity index (χ2v) is 5.68. The molecule has 1 amide bonds. The monoisotopic (exact) mass is 325 g/mol. The third-order valence-electron chi connectivity index (χ3n) is 2.40. The van der Waals surface area contributed by atoms with E-state index >= 15 is 0 Å². The topological polar surface area (TPSA) is 54.9 Å². The molecular formula is C12H12BrN3OS. The molecule has 0 bridgehead atoms. The SMILES string of the molecule is CC(CNC(=O)c1ccc(Br)cn1)c1nccs1. The Morgan fingerprint density at radius 3 is 2.94 bits per heavy atom. The van der Waals surface area contributed by atoms with E-state index in [1.807, 2.05) is 12.3 Å². The molecule has 0 fully saturated rings. The predicted octanol–water partition coefficient (Wildman–Crippen LogP) is 2.83. The summed E-state index contributed by atoms with van der Waals surface area (Å²) in [5.41, 5.74) is 0.421. The van der Waals surface area contributed by atoms with Crippen molar-refractivity contribution < 1.29 is 4.79 Å². The minimum Gasteiger partial charge on any atom is -0.350 e. The zero-order valence-corrected chi connectivity index (χ0v) is 12.2. The average Bonchev–Trinajstić information content (AvgIpc) is 2.90. The fraction of sp³-hybridized carbons (Fsp3) is 0.250. The van der Waals surface area contributed by atoms with E-state index in [-0.39, 0.29) is 11.8 Å². The van der Waals surface area contributed by atoms with Gasteiger partial charge in [0.2, 0.25) is 0 Å².